The zero-order valence-electron chi connectivity index (χ0n) is 14.3. The van der Waals surface area contributed by atoms with E-state index in [0.29, 0.717) is 5.16 Å². The predicted octanol–water partition coefficient (Wildman–Crippen LogP) is 2.14. The molecule has 1 aliphatic heterocycles. The first kappa shape index (κ1) is 20.0. The smallest absolute Gasteiger partial charge is 0.274 e. The summed E-state index contributed by atoms with van der Waals surface area (Å²) >= 11 is 7.33. The summed E-state index contributed by atoms with van der Waals surface area (Å²) in [7, 11) is -3.74. The molecule has 0 saturated carbocycles. The van der Waals surface area contributed by atoms with E-state index in [9.17, 15) is 17.6 Å². The molecule has 1 fully saturated rings. The summed E-state index contributed by atoms with van der Waals surface area (Å²) in [6.45, 7) is 0.662. The Morgan fingerprint density at radius 1 is 1.19 bits per heavy atom. The van der Waals surface area contributed by atoms with Gasteiger partial charge in [0.2, 0.25) is 10.0 Å². The summed E-state index contributed by atoms with van der Waals surface area (Å²) in [4.78, 5) is 22.4. The zero-order chi connectivity index (χ0) is 19.6. The van der Waals surface area contributed by atoms with Crippen molar-refractivity contribution < 1.29 is 17.6 Å². The van der Waals surface area contributed by atoms with Crippen LogP contribution in [-0.4, -0.2) is 65.9 Å². The summed E-state index contributed by atoms with van der Waals surface area (Å²) in [6, 6.07) is 4.67. The molecule has 1 aliphatic rings. The normalized spacial score (nSPS) is 15.7. The highest BCUT2D eigenvalue weighted by molar-refractivity contribution is 7.98. The van der Waals surface area contributed by atoms with Crippen LogP contribution in [0.15, 0.2) is 40.5 Å². The van der Waals surface area contributed by atoms with Gasteiger partial charge in [0.05, 0.1) is 16.1 Å². The molecule has 0 radical (unpaired) electrons. The molecular formula is C16H16ClFN4O3S2. The lowest BCUT2D eigenvalue weighted by molar-refractivity contribution is 0.0691. The Bertz CT molecular complexity index is 949. The molecule has 0 atom stereocenters. The van der Waals surface area contributed by atoms with Gasteiger partial charge in [0.15, 0.2) is 10.9 Å². The van der Waals surface area contributed by atoms with E-state index in [1.807, 2.05) is 0 Å². The molecule has 1 amide bonds. The van der Waals surface area contributed by atoms with Gasteiger partial charge in [0.1, 0.15) is 5.82 Å². The van der Waals surface area contributed by atoms with Crippen molar-refractivity contribution in [3.63, 3.8) is 0 Å². The number of sulfonamides is 1. The molecule has 144 valence electrons. The molecule has 27 heavy (non-hydrogen) atoms. The van der Waals surface area contributed by atoms with Crippen LogP contribution in [0.3, 0.4) is 0 Å². The molecule has 1 aromatic carbocycles. The average molecular weight is 431 g/mol. The van der Waals surface area contributed by atoms with E-state index in [1.54, 1.807) is 6.26 Å². The Hall–Kier alpha value is -1.75. The second kappa shape index (κ2) is 8.09. The largest absolute Gasteiger partial charge is 0.335 e. The van der Waals surface area contributed by atoms with Crippen LogP contribution in [0.4, 0.5) is 4.39 Å². The van der Waals surface area contributed by atoms with Gasteiger partial charge in [0.25, 0.3) is 5.91 Å². The van der Waals surface area contributed by atoms with E-state index >= 15 is 0 Å². The molecule has 1 saturated heterocycles. The summed E-state index contributed by atoms with van der Waals surface area (Å²) in [6.07, 6.45) is 3.17. The van der Waals surface area contributed by atoms with E-state index in [1.165, 1.54) is 39.3 Å². The zero-order valence-corrected chi connectivity index (χ0v) is 16.7. The number of benzene rings is 1. The van der Waals surface area contributed by atoms with Crippen molar-refractivity contribution in [1.29, 1.82) is 0 Å². The van der Waals surface area contributed by atoms with Crippen LogP contribution in [-0.2, 0) is 10.0 Å². The van der Waals surface area contributed by atoms with Gasteiger partial charge in [-0.1, -0.05) is 23.4 Å². The van der Waals surface area contributed by atoms with Crippen LogP contribution in [0, 0.1) is 5.82 Å². The van der Waals surface area contributed by atoms with Crippen molar-refractivity contribution in [2.24, 2.45) is 0 Å². The number of carbonyl (C=O) groups excluding carboxylic acids is 1. The first-order valence-electron chi connectivity index (χ1n) is 7.94. The minimum atomic E-state index is -3.74. The molecule has 7 nitrogen and oxygen atoms in total. The third kappa shape index (κ3) is 4.23. The maximum Gasteiger partial charge on any atom is 0.274 e. The molecule has 0 spiro atoms. The first-order valence-corrected chi connectivity index (χ1v) is 11.0. The Morgan fingerprint density at radius 3 is 2.41 bits per heavy atom. The summed E-state index contributed by atoms with van der Waals surface area (Å²) in [5.41, 5.74) is 0.103. The Labute approximate surface area is 165 Å². The fraction of sp³-hybridized carbons (Fsp3) is 0.312. The third-order valence-electron chi connectivity index (χ3n) is 4.08. The number of nitrogens with zero attached hydrogens (tertiary/aromatic N) is 4. The molecule has 2 heterocycles. The Balaban J connectivity index is 1.71. The monoisotopic (exact) mass is 430 g/mol. The quantitative estimate of drug-likeness (QED) is 0.546. The van der Waals surface area contributed by atoms with Crippen LogP contribution in [0.2, 0.25) is 5.02 Å². The van der Waals surface area contributed by atoms with Gasteiger partial charge in [0, 0.05) is 26.2 Å². The van der Waals surface area contributed by atoms with Gasteiger partial charge in [-0.05, 0) is 30.5 Å². The average Bonchev–Trinajstić information content (AvgIpc) is 2.68. The number of halogens is 2. The van der Waals surface area contributed by atoms with Crippen molar-refractivity contribution in [3.05, 3.63) is 47.0 Å². The number of aromatic nitrogens is 2. The van der Waals surface area contributed by atoms with Crippen molar-refractivity contribution >= 4 is 39.3 Å². The van der Waals surface area contributed by atoms with E-state index in [4.69, 9.17) is 11.6 Å². The van der Waals surface area contributed by atoms with Gasteiger partial charge in [-0.2, -0.15) is 4.31 Å². The van der Waals surface area contributed by atoms with Crippen LogP contribution >= 0.6 is 23.4 Å². The highest BCUT2D eigenvalue weighted by Crippen LogP contribution is 2.21. The highest BCUT2D eigenvalue weighted by atomic mass is 35.5. The molecule has 1 aromatic heterocycles. The standard InChI is InChI=1S/C16H16ClFN4O3S2/c1-26-16-19-10-13(17)14(20-16)15(23)21-6-8-22(9-7-21)27(24,25)12-4-2-11(18)3-5-12/h2-5,10H,6-9H2,1H3. The topological polar surface area (TPSA) is 83.5 Å². The summed E-state index contributed by atoms with van der Waals surface area (Å²) in [5, 5.41) is 0.583. The number of thioether (sulfide) groups is 1. The summed E-state index contributed by atoms with van der Waals surface area (Å²) < 4.78 is 39.6. The van der Waals surface area contributed by atoms with Crippen molar-refractivity contribution in [2.75, 3.05) is 32.4 Å². The number of amides is 1. The second-order valence-electron chi connectivity index (χ2n) is 5.70. The SMILES string of the molecule is CSc1ncc(Cl)c(C(=O)N2CCN(S(=O)(=O)c3ccc(F)cc3)CC2)n1. The number of hydrogen-bond donors (Lipinski definition) is 0. The molecule has 0 aliphatic carbocycles. The lowest BCUT2D eigenvalue weighted by Crippen LogP contribution is -2.50. The van der Waals surface area contributed by atoms with Crippen molar-refractivity contribution in [2.45, 2.75) is 10.1 Å². The minimum absolute atomic E-state index is 0.0205. The number of hydrogen-bond acceptors (Lipinski definition) is 6. The van der Waals surface area contributed by atoms with Crippen LogP contribution in [0.25, 0.3) is 0 Å². The fourth-order valence-electron chi connectivity index (χ4n) is 2.64. The second-order valence-corrected chi connectivity index (χ2v) is 8.82. The summed E-state index contributed by atoms with van der Waals surface area (Å²) in [5.74, 6) is -0.868. The molecule has 0 bridgehead atoms. The first-order chi connectivity index (χ1) is 12.8. The Kier molecular flexibility index (Phi) is 5.99. The lowest BCUT2D eigenvalue weighted by atomic mass is 10.3. The molecular weight excluding hydrogens is 415 g/mol. The van der Waals surface area contributed by atoms with Crippen molar-refractivity contribution in [1.82, 2.24) is 19.2 Å². The van der Waals surface area contributed by atoms with Gasteiger partial charge in [-0.15, -0.1) is 0 Å². The van der Waals surface area contributed by atoms with Crippen LogP contribution in [0.5, 0.6) is 0 Å². The lowest BCUT2D eigenvalue weighted by Gasteiger charge is -2.33. The van der Waals surface area contributed by atoms with Crippen LogP contribution < -0.4 is 0 Å². The van der Waals surface area contributed by atoms with Crippen LogP contribution in [0.1, 0.15) is 10.5 Å². The number of carbonyl (C=O) groups is 1. The number of rotatable bonds is 4. The number of piperazine rings is 1. The van der Waals surface area contributed by atoms with Crippen molar-refractivity contribution in [3.8, 4) is 0 Å². The van der Waals surface area contributed by atoms with Gasteiger partial charge >= 0.3 is 0 Å². The molecule has 0 unspecified atom stereocenters. The molecule has 0 N–H and O–H groups in total. The fourth-order valence-corrected chi connectivity index (χ4v) is 4.57. The van der Waals surface area contributed by atoms with Gasteiger partial charge in [-0.25, -0.2) is 22.8 Å². The molecule has 2 aromatic rings. The maximum absolute atomic E-state index is 13.0. The highest BCUT2D eigenvalue weighted by Gasteiger charge is 2.31. The van der Waals surface area contributed by atoms with E-state index in [2.05, 4.69) is 9.97 Å². The maximum atomic E-state index is 13.0. The van der Waals surface area contributed by atoms with E-state index < -0.39 is 15.8 Å². The van der Waals surface area contributed by atoms with E-state index in [0.717, 1.165) is 12.1 Å². The van der Waals surface area contributed by atoms with E-state index in [-0.39, 0.29) is 47.7 Å². The predicted molar refractivity (Wildman–Crippen MR) is 99.9 cm³/mol. The molecule has 3 rings (SSSR count). The third-order valence-corrected chi connectivity index (χ3v) is 6.84. The Morgan fingerprint density at radius 2 is 1.81 bits per heavy atom. The molecule has 11 heteroatoms. The van der Waals surface area contributed by atoms with Gasteiger partial charge < -0.3 is 4.90 Å². The minimum Gasteiger partial charge on any atom is -0.335 e. The van der Waals surface area contributed by atoms with Gasteiger partial charge in [-0.3, -0.25) is 4.79 Å².